The fraction of sp³-hybridized carbons (Fsp3) is 0.600. The van der Waals surface area contributed by atoms with Gasteiger partial charge in [0.05, 0.1) is 26.7 Å². The quantitative estimate of drug-likeness (QED) is 0.557. The van der Waals surface area contributed by atoms with Crippen LogP contribution in [0.4, 0.5) is 0 Å². The van der Waals surface area contributed by atoms with Crippen molar-refractivity contribution in [3.8, 4) is 0 Å². The molecule has 2 N–H and O–H groups in total. The van der Waals surface area contributed by atoms with Gasteiger partial charge in [-0.3, -0.25) is 16.6 Å². The third kappa shape index (κ3) is 15.4. The fourth-order valence-corrected chi connectivity index (χ4v) is 0.631. The van der Waals surface area contributed by atoms with Crippen LogP contribution in [-0.4, -0.2) is 44.4 Å². The van der Waals surface area contributed by atoms with Gasteiger partial charge in [-0.15, -0.1) is 0 Å². The Kier molecular flexibility index (Phi) is 30.8. The Labute approximate surface area is 113 Å². The van der Waals surface area contributed by atoms with Crippen molar-refractivity contribution in [3.05, 3.63) is 14.0 Å². The summed E-state index contributed by atoms with van der Waals surface area (Å²) in [7, 11) is 6.77. The monoisotopic (exact) mass is 294 g/mol. The van der Waals surface area contributed by atoms with E-state index in [1.54, 1.807) is 6.92 Å². The summed E-state index contributed by atoms with van der Waals surface area (Å²) in [6.07, 6.45) is -0.0767. The molecule has 0 saturated carbocycles. The molecule has 0 aliphatic heterocycles. The van der Waals surface area contributed by atoms with Gasteiger partial charge in [0.1, 0.15) is 0 Å². The molecule has 0 rings (SSSR count). The molecule has 0 aliphatic rings. The Bertz CT molecular complexity index is 178. The van der Waals surface area contributed by atoms with Gasteiger partial charge in [-0.2, -0.15) is 6.92 Å². The zero-order valence-electron chi connectivity index (χ0n) is 10.6. The zero-order chi connectivity index (χ0) is 13.6. The van der Waals surface area contributed by atoms with Crippen LogP contribution in [0.15, 0.2) is 0 Å². The molecule has 0 aliphatic carbocycles. The predicted molar refractivity (Wildman–Crippen MR) is 60.1 cm³/mol. The average Bonchev–Trinajstić information content (AvgIpc) is 2.39. The molecule has 0 aromatic heterocycles. The number of methoxy groups -OCH3 is 2. The summed E-state index contributed by atoms with van der Waals surface area (Å²) >= 11 is 0. The summed E-state index contributed by atoms with van der Waals surface area (Å²) in [6.45, 7) is 5.00. The minimum atomic E-state index is -0.734. The number of hydrogen-bond acceptors (Lipinski definition) is 6. The van der Waals surface area contributed by atoms with Crippen molar-refractivity contribution in [3.63, 3.8) is 0 Å². The van der Waals surface area contributed by atoms with Gasteiger partial charge in [0.15, 0.2) is 0 Å². The number of carbonyl (C=O) groups is 2. The number of esters is 2. The smallest absolute Gasteiger partial charge is 0.469 e. The van der Waals surface area contributed by atoms with Crippen molar-refractivity contribution in [2.24, 2.45) is 0 Å². The summed E-state index contributed by atoms with van der Waals surface area (Å²) in [5, 5.41) is 9.39. The maximum Gasteiger partial charge on any atom is 2.00 e. The standard InChI is InChI=1S/C7H12NO4.C2H5.CH4O.Co/c1-8-5(7(10)12-3)4-6(9)11-2;2*1-2;/h5,8H,1,4H2,2-3H3;1H2,2H3;2H,1H3;/q2*-1;;+2. The first-order chi connectivity index (χ1) is 7.65. The molecule has 7 heteroatoms. The van der Waals surface area contributed by atoms with Crippen LogP contribution < -0.4 is 5.32 Å². The van der Waals surface area contributed by atoms with Crippen LogP contribution in [0.3, 0.4) is 0 Å². The number of rotatable bonds is 4. The zero-order valence-corrected chi connectivity index (χ0v) is 11.7. The molecular formula is C10H21CoNO5. The molecule has 0 saturated heterocycles. The van der Waals surface area contributed by atoms with E-state index in [1.807, 2.05) is 0 Å². The molecule has 0 aromatic rings. The summed E-state index contributed by atoms with van der Waals surface area (Å²) in [5.74, 6) is -1.02. The summed E-state index contributed by atoms with van der Waals surface area (Å²) < 4.78 is 8.76. The molecule has 17 heavy (non-hydrogen) atoms. The number of nitrogens with one attached hydrogen (secondary N) is 1. The topological polar surface area (TPSA) is 84.9 Å². The van der Waals surface area contributed by atoms with E-state index in [0.29, 0.717) is 0 Å². The molecule has 0 spiro atoms. The first-order valence-electron chi connectivity index (χ1n) is 4.48. The normalized spacial score (nSPS) is 9.12. The Morgan fingerprint density at radius 2 is 1.65 bits per heavy atom. The van der Waals surface area contributed by atoms with Crippen LogP contribution in [0.25, 0.3) is 0 Å². The molecule has 0 heterocycles. The third-order valence-corrected chi connectivity index (χ3v) is 1.33. The van der Waals surface area contributed by atoms with Crippen LogP contribution in [-0.2, 0) is 35.8 Å². The molecule has 1 atom stereocenters. The molecule has 1 unspecified atom stereocenters. The summed E-state index contributed by atoms with van der Waals surface area (Å²) in [5.41, 5.74) is 0. The van der Waals surface area contributed by atoms with E-state index in [9.17, 15) is 9.59 Å². The second-order valence-electron chi connectivity index (χ2n) is 2.06. The molecule has 1 radical (unpaired) electrons. The fourth-order valence-electron chi connectivity index (χ4n) is 0.631. The molecule has 0 bridgehead atoms. The van der Waals surface area contributed by atoms with Crippen LogP contribution in [0.5, 0.6) is 0 Å². The number of aliphatic hydroxyl groups excluding tert-OH is 1. The SMILES string of the molecule is CO.[CH2-]C.[CH2-]NC(CC(=O)OC)C(=O)OC.[Co+2]. The van der Waals surface area contributed by atoms with E-state index >= 15 is 0 Å². The first kappa shape index (κ1) is 25.3. The molecular weight excluding hydrogens is 273 g/mol. The Morgan fingerprint density at radius 1 is 1.24 bits per heavy atom. The van der Waals surface area contributed by atoms with Gasteiger partial charge in [-0.25, -0.2) is 0 Å². The first-order valence-corrected chi connectivity index (χ1v) is 4.48. The van der Waals surface area contributed by atoms with Gasteiger partial charge < -0.3 is 26.8 Å². The number of carbonyl (C=O) groups excluding carboxylic acids is 2. The van der Waals surface area contributed by atoms with E-state index in [1.165, 1.54) is 14.2 Å². The average molecular weight is 294 g/mol. The van der Waals surface area contributed by atoms with Gasteiger partial charge in [-0.05, 0) is 0 Å². The van der Waals surface area contributed by atoms with Gasteiger partial charge in [0, 0.05) is 7.11 Å². The van der Waals surface area contributed by atoms with Crippen LogP contribution >= 0.6 is 0 Å². The Morgan fingerprint density at radius 3 is 1.88 bits per heavy atom. The van der Waals surface area contributed by atoms with Crippen LogP contribution in [0.1, 0.15) is 13.3 Å². The Hall–Kier alpha value is -0.634. The Balaban J connectivity index is -0.000000152. The molecule has 0 aromatic carbocycles. The minimum absolute atomic E-state index is 0. The second-order valence-corrected chi connectivity index (χ2v) is 2.06. The largest absolute Gasteiger partial charge is 2.00 e. The predicted octanol–water partition coefficient (Wildman–Crippen LogP) is -0.0813. The maximum absolute atomic E-state index is 10.9. The van der Waals surface area contributed by atoms with E-state index in [-0.39, 0.29) is 23.2 Å². The van der Waals surface area contributed by atoms with Gasteiger partial charge in [0.25, 0.3) is 0 Å². The minimum Gasteiger partial charge on any atom is -0.469 e. The van der Waals surface area contributed by atoms with E-state index in [2.05, 4.69) is 28.8 Å². The number of hydrogen-bond donors (Lipinski definition) is 2. The van der Waals surface area contributed by atoms with Gasteiger partial charge in [0.2, 0.25) is 0 Å². The number of ether oxygens (including phenoxy) is 2. The van der Waals surface area contributed by atoms with Crippen molar-refractivity contribution in [1.82, 2.24) is 5.32 Å². The van der Waals surface area contributed by atoms with E-state index in [4.69, 9.17) is 5.11 Å². The van der Waals surface area contributed by atoms with Crippen molar-refractivity contribution in [2.45, 2.75) is 19.4 Å². The summed E-state index contributed by atoms with van der Waals surface area (Å²) in [4.78, 5) is 21.6. The van der Waals surface area contributed by atoms with Crippen LogP contribution in [0, 0.1) is 14.0 Å². The van der Waals surface area contributed by atoms with Crippen molar-refractivity contribution in [1.29, 1.82) is 0 Å². The van der Waals surface area contributed by atoms with E-state index in [0.717, 1.165) is 7.11 Å². The molecule has 0 fully saturated rings. The maximum atomic E-state index is 10.9. The third-order valence-electron chi connectivity index (χ3n) is 1.33. The van der Waals surface area contributed by atoms with Crippen molar-refractivity contribution in [2.75, 3.05) is 21.3 Å². The van der Waals surface area contributed by atoms with Gasteiger partial charge in [-0.1, -0.05) is 0 Å². The number of aliphatic hydroxyl groups is 1. The molecule has 0 amide bonds. The molecule has 6 nitrogen and oxygen atoms in total. The summed E-state index contributed by atoms with van der Waals surface area (Å²) in [6, 6.07) is -0.734. The van der Waals surface area contributed by atoms with Crippen LogP contribution in [0.2, 0.25) is 0 Å². The van der Waals surface area contributed by atoms with Crippen molar-refractivity contribution >= 4 is 11.9 Å². The van der Waals surface area contributed by atoms with E-state index < -0.39 is 18.0 Å². The van der Waals surface area contributed by atoms with Gasteiger partial charge >= 0.3 is 28.7 Å². The van der Waals surface area contributed by atoms with Crippen molar-refractivity contribution < 1.29 is 40.9 Å². The second kappa shape index (κ2) is 20.7. The molecule has 105 valence electrons.